The van der Waals surface area contributed by atoms with Gasteiger partial charge in [0.15, 0.2) is 5.78 Å². The quantitative estimate of drug-likeness (QED) is 0.546. The van der Waals surface area contributed by atoms with E-state index in [-0.39, 0.29) is 11.8 Å². The molecule has 5 heteroatoms. The molecule has 0 unspecified atom stereocenters. The maximum Gasteiger partial charge on any atom is 0.154 e. The molecule has 0 radical (unpaired) electrons. The highest BCUT2D eigenvalue weighted by Crippen LogP contribution is 2.05. The van der Waals surface area contributed by atoms with Crippen molar-refractivity contribution in [1.82, 2.24) is 20.1 Å². The topological polar surface area (TPSA) is 59.8 Å². The van der Waals surface area contributed by atoms with E-state index in [9.17, 15) is 4.79 Å². The Morgan fingerprint density at radius 2 is 2.44 bits per heavy atom. The van der Waals surface area contributed by atoms with E-state index in [1.807, 2.05) is 13.8 Å². The zero-order valence-electron chi connectivity index (χ0n) is 9.81. The average Bonchev–Trinajstić information content (AvgIpc) is 2.66. The van der Waals surface area contributed by atoms with Crippen molar-refractivity contribution in [1.29, 1.82) is 0 Å². The molecule has 0 bridgehead atoms. The van der Waals surface area contributed by atoms with Crippen molar-refractivity contribution in [2.45, 2.75) is 26.3 Å². The van der Waals surface area contributed by atoms with Crippen LogP contribution in [0.3, 0.4) is 0 Å². The minimum absolute atomic E-state index is 0.108. The molecule has 0 aliphatic rings. The van der Waals surface area contributed by atoms with Gasteiger partial charge in [-0.15, -0.1) is 6.58 Å². The highest BCUT2D eigenvalue weighted by molar-refractivity contribution is 5.82. The molecule has 0 aliphatic carbocycles. The molecule has 1 heterocycles. The standard InChI is InChI=1S/C11H18N4O/c1-4-5-12-7-10(16)6-11-13-8-14-15(11)9(2)3/h4,8-9,12H,1,5-7H2,2-3H3. The Labute approximate surface area is 95.6 Å². The first kappa shape index (κ1) is 12.6. The monoisotopic (exact) mass is 222 g/mol. The van der Waals surface area contributed by atoms with Gasteiger partial charge in [0.1, 0.15) is 12.2 Å². The molecular weight excluding hydrogens is 204 g/mol. The molecule has 5 nitrogen and oxygen atoms in total. The number of carbonyl (C=O) groups is 1. The third kappa shape index (κ3) is 3.58. The number of hydrogen-bond donors (Lipinski definition) is 1. The first-order valence-electron chi connectivity index (χ1n) is 5.36. The lowest BCUT2D eigenvalue weighted by Crippen LogP contribution is -2.25. The smallest absolute Gasteiger partial charge is 0.154 e. The molecule has 1 rings (SSSR count). The Morgan fingerprint density at radius 1 is 1.69 bits per heavy atom. The lowest BCUT2D eigenvalue weighted by molar-refractivity contribution is -0.117. The van der Waals surface area contributed by atoms with Crippen LogP contribution >= 0.6 is 0 Å². The summed E-state index contributed by atoms with van der Waals surface area (Å²) in [6.45, 7) is 8.58. The Kier molecular flexibility index (Phi) is 4.85. The van der Waals surface area contributed by atoms with Gasteiger partial charge in [-0.25, -0.2) is 9.67 Å². The van der Waals surface area contributed by atoms with E-state index in [0.29, 0.717) is 19.5 Å². The summed E-state index contributed by atoms with van der Waals surface area (Å²) in [4.78, 5) is 15.7. The molecule has 0 atom stereocenters. The number of Topliss-reactive ketones (excluding diaryl/α,β-unsaturated/α-hetero) is 1. The fraction of sp³-hybridized carbons (Fsp3) is 0.545. The number of ketones is 1. The molecule has 0 aromatic carbocycles. The molecule has 0 aliphatic heterocycles. The summed E-state index contributed by atoms with van der Waals surface area (Å²) >= 11 is 0. The minimum atomic E-state index is 0.108. The molecule has 16 heavy (non-hydrogen) atoms. The van der Waals surface area contributed by atoms with Gasteiger partial charge in [0.25, 0.3) is 0 Å². The first-order chi connectivity index (χ1) is 7.65. The fourth-order valence-electron chi connectivity index (χ4n) is 1.38. The number of nitrogens with zero attached hydrogens (tertiary/aromatic N) is 3. The van der Waals surface area contributed by atoms with E-state index in [1.165, 1.54) is 6.33 Å². The predicted molar refractivity (Wildman–Crippen MR) is 62.2 cm³/mol. The van der Waals surface area contributed by atoms with Crippen LogP contribution in [0.1, 0.15) is 25.7 Å². The lowest BCUT2D eigenvalue weighted by atomic mass is 10.2. The van der Waals surface area contributed by atoms with Crippen LogP contribution in [0.5, 0.6) is 0 Å². The summed E-state index contributed by atoms with van der Waals surface area (Å²) in [5.41, 5.74) is 0. The third-order valence-electron chi connectivity index (χ3n) is 2.10. The zero-order valence-corrected chi connectivity index (χ0v) is 9.81. The summed E-state index contributed by atoms with van der Waals surface area (Å²) < 4.78 is 1.77. The lowest BCUT2D eigenvalue weighted by Gasteiger charge is -2.08. The second kappa shape index (κ2) is 6.17. The van der Waals surface area contributed by atoms with Crippen LogP contribution in [0.15, 0.2) is 19.0 Å². The van der Waals surface area contributed by atoms with E-state index in [0.717, 1.165) is 5.82 Å². The third-order valence-corrected chi connectivity index (χ3v) is 2.10. The van der Waals surface area contributed by atoms with E-state index in [4.69, 9.17) is 0 Å². The second-order valence-corrected chi connectivity index (χ2v) is 3.85. The molecule has 1 aromatic rings. The molecule has 0 amide bonds. The van der Waals surface area contributed by atoms with Gasteiger partial charge in [0.05, 0.1) is 13.0 Å². The van der Waals surface area contributed by atoms with Crippen LogP contribution in [-0.2, 0) is 11.2 Å². The number of hydrogen-bond acceptors (Lipinski definition) is 4. The number of aromatic nitrogens is 3. The van der Waals surface area contributed by atoms with Gasteiger partial charge < -0.3 is 5.32 Å². The average molecular weight is 222 g/mol. The molecule has 0 fully saturated rings. The van der Waals surface area contributed by atoms with Crippen LogP contribution in [0.4, 0.5) is 0 Å². The normalized spacial score (nSPS) is 10.7. The molecule has 0 spiro atoms. The van der Waals surface area contributed by atoms with Crippen LogP contribution in [-0.4, -0.2) is 33.6 Å². The van der Waals surface area contributed by atoms with E-state index < -0.39 is 0 Å². The number of nitrogens with one attached hydrogen (secondary N) is 1. The van der Waals surface area contributed by atoms with Gasteiger partial charge in [-0.2, -0.15) is 5.10 Å². The Balaban J connectivity index is 2.49. The SMILES string of the molecule is C=CCNCC(=O)Cc1ncnn1C(C)C. The summed E-state index contributed by atoms with van der Waals surface area (Å²) in [6, 6.07) is 0.228. The van der Waals surface area contributed by atoms with Gasteiger partial charge >= 0.3 is 0 Å². The molecule has 1 aromatic heterocycles. The maximum atomic E-state index is 11.6. The Morgan fingerprint density at radius 3 is 3.06 bits per heavy atom. The molecule has 0 saturated carbocycles. The van der Waals surface area contributed by atoms with Crippen molar-refractivity contribution in [2.75, 3.05) is 13.1 Å². The van der Waals surface area contributed by atoms with Crippen molar-refractivity contribution in [3.8, 4) is 0 Å². The van der Waals surface area contributed by atoms with Crippen LogP contribution in [0.2, 0.25) is 0 Å². The molecule has 0 saturated heterocycles. The summed E-state index contributed by atoms with van der Waals surface area (Å²) in [6.07, 6.45) is 3.53. The van der Waals surface area contributed by atoms with Crippen LogP contribution in [0, 0.1) is 0 Å². The fourth-order valence-corrected chi connectivity index (χ4v) is 1.38. The molecule has 88 valence electrons. The van der Waals surface area contributed by atoms with Crippen LogP contribution < -0.4 is 5.32 Å². The van der Waals surface area contributed by atoms with Gasteiger partial charge in [-0.1, -0.05) is 6.08 Å². The zero-order chi connectivity index (χ0) is 12.0. The summed E-state index contributed by atoms with van der Waals surface area (Å²) in [5.74, 6) is 0.831. The first-order valence-corrected chi connectivity index (χ1v) is 5.36. The Bertz CT molecular complexity index is 357. The van der Waals surface area contributed by atoms with Gasteiger partial charge in [0, 0.05) is 12.6 Å². The van der Waals surface area contributed by atoms with E-state index in [1.54, 1.807) is 10.8 Å². The second-order valence-electron chi connectivity index (χ2n) is 3.85. The van der Waals surface area contributed by atoms with Crippen molar-refractivity contribution in [3.63, 3.8) is 0 Å². The number of carbonyl (C=O) groups excluding carboxylic acids is 1. The molecular formula is C11H18N4O. The van der Waals surface area contributed by atoms with E-state index in [2.05, 4.69) is 22.0 Å². The van der Waals surface area contributed by atoms with E-state index >= 15 is 0 Å². The molecule has 1 N–H and O–H groups in total. The largest absolute Gasteiger partial charge is 0.307 e. The van der Waals surface area contributed by atoms with Crippen LogP contribution in [0.25, 0.3) is 0 Å². The minimum Gasteiger partial charge on any atom is -0.307 e. The highest BCUT2D eigenvalue weighted by atomic mass is 16.1. The van der Waals surface area contributed by atoms with Crippen molar-refractivity contribution in [2.24, 2.45) is 0 Å². The van der Waals surface area contributed by atoms with Gasteiger partial charge in [0.2, 0.25) is 0 Å². The van der Waals surface area contributed by atoms with Gasteiger partial charge in [-0.3, -0.25) is 4.79 Å². The summed E-state index contributed by atoms with van der Waals surface area (Å²) in [5, 5.41) is 7.05. The summed E-state index contributed by atoms with van der Waals surface area (Å²) in [7, 11) is 0. The van der Waals surface area contributed by atoms with Crippen molar-refractivity contribution in [3.05, 3.63) is 24.8 Å². The van der Waals surface area contributed by atoms with Crippen molar-refractivity contribution < 1.29 is 4.79 Å². The van der Waals surface area contributed by atoms with Gasteiger partial charge in [-0.05, 0) is 13.8 Å². The Hall–Kier alpha value is -1.49. The maximum absolute atomic E-state index is 11.6. The predicted octanol–water partition coefficient (Wildman–Crippen LogP) is 0.746. The number of rotatable bonds is 7. The highest BCUT2D eigenvalue weighted by Gasteiger charge is 2.11. The van der Waals surface area contributed by atoms with Crippen molar-refractivity contribution >= 4 is 5.78 Å².